The number of esters is 2. The van der Waals surface area contributed by atoms with Crippen molar-refractivity contribution in [2.75, 3.05) is 7.05 Å². The van der Waals surface area contributed by atoms with Gasteiger partial charge in [0, 0.05) is 7.05 Å². The van der Waals surface area contributed by atoms with Gasteiger partial charge in [-0.2, -0.15) is 0 Å². The summed E-state index contributed by atoms with van der Waals surface area (Å²) in [5.41, 5.74) is 0.143. The Morgan fingerprint density at radius 3 is 2.07 bits per heavy atom. The third kappa shape index (κ3) is 7.58. The fourth-order valence-corrected chi connectivity index (χ4v) is 2.46. The quantitative estimate of drug-likeness (QED) is 0.520. The molecule has 0 N–H and O–H groups in total. The number of benzene rings is 1. The SMILES string of the molecule is CC(C)C(C(=O)O[C@H](C)C(=O)OCc1ccccc1)N(C)C(=O)OC(C)(C)C. The van der Waals surface area contributed by atoms with Crippen LogP contribution in [-0.2, 0) is 30.4 Å². The van der Waals surface area contributed by atoms with Crippen LogP contribution in [0.4, 0.5) is 4.79 Å². The molecule has 0 heterocycles. The van der Waals surface area contributed by atoms with Crippen LogP contribution in [0.2, 0.25) is 0 Å². The van der Waals surface area contributed by atoms with Gasteiger partial charge in [0.15, 0.2) is 6.10 Å². The van der Waals surface area contributed by atoms with E-state index < -0.39 is 35.8 Å². The lowest BCUT2D eigenvalue weighted by Crippen LogP contribution is -2.49. The maximum absolute atomic E-state index is 12.6. The number of rotatable bonds is 7. The van der Waals surface area contributed by atoms with Crippen molar-refractivity contribution in [3.8, 4) is 0 Å². The normalized spacial score (nSPS) is 13.4. The molecule has 0 saturated heterocycles. The van der Waals surface area contributed by atoms with Crippen LogP contribution in [0, 0.1) is 5.92 Å². The lowest BCUT2D eigenvalue weighted by atomic mass is 10.0. The third-order valence-electron chi connectivity index (χ3n) is 3.82. The van der Waals surface area contributed by atoms with E-state index in [0.717, 1.165) is 5.56 Å². The molecule has 1 aromatic carbocycles. The Labute approximate surface area is 166 Å². The zero-order valence-electron chi connectivity index (χ0n) is 17.7. The average molecular weight is 393 g/mol. The van der Waals surface area contributed by atoms with Gasteiger partial charge in [0.05, 0.1) is 0 Å². The van der Waals surface area contributed by atoms with Crippen LogP contribution in [0.25, 0.3) is 0 Å². The van der Waals surface area contributed by atoms with E-state index in [-0.39, 0.29) is 12.5 Å². The number of likely N-dealkylation sites (N-methyl/N-ethyl adjacent to an activating group) is 1. The van der Waals surface area contributed by atoms with Crippen LogP contribution in [0.3, 0.4) is 0 Å². The summed E-state index contributed by atoms with van der Waals surface area (Å²) in [5.74, 6) is -1.58. The molecule has 0 radical (unpaired) electrons. The molecule has 0 aliphatic carbocycles. The van der Waals surface area contributed by atoms with E-state index in [1.165, 1.54) is 18.9 Å². The predicted molar refractivity (Wildman–Crippen MR) is 104 cm³/mol. The van der Waals surface area contributed by atoms with Gasteiger partial charge in [-0.05, 0) is 39.2 Å². The Morgan fingerprint density at radius 1 is 1.00 bits per heavy atom. The van der Waals surface area contributed by atoms with Crippen molar-refractivity contribution < 1.29 is 28.6 Å². The summed E-state index contributed by atoms with van der Waals surface area (Å²) < 4.78 is 15.8. The largest absolute Gasteiger partial charge is 0.458 e. The van der Waals surface area contributed by atoms with Gasteiger partial charge in [0.25, 0.3) is 0 Å². The van der Waals surface area contributed by atoms with Gasteiger partial charge in [-0.3, -0.25) is 4.90 Å². The molecule has 0 bridgehead atoms. The van der Waals surface area contributed by atoms with Crippen LogP contribution in [0.5, 0.6) is 0 Å². The average Bonchev–Trinajstić information content (AvgIpc) is 2.58. The highest BCUT2D eigenvalue weighted by atomic mass is 16.6. The van der Waals surface area contributed by atoms with Crippen LogP contribution >= 0.6 is 0 Å². The number of hydrogen-bond acceptors (Lipinski definition) is 6. The molecule has 1 aromatic rings. The minimum atomic E-state index is -1.09. The summed E-state index contributed by atoms with van der Waals surface area (Å²) >= 11 is 0. The summed E-state index contributed by atoms with van der Waals surface area (Å²) in [6.45, 7) is 10.3. The van der Waals surface area contributed by atoms with E-state index in [2.05, 4.69) is 0 Å². The molecule has 0 aromatic heterocycles. The fourth-order valence-electron chi connectivity index (χ4n) is 2.46. The van der Waals surface area contributed by atoms with Gasteiger partial charge in [0.2, 0.25) is 0 Å². The van der Waals surface area contributed by atoms with Crippen molar-refractivity contribution in [1.29, 1.82) is 0 Å². The van der Waals surface area contributed by atoms with Gasteiger partial charge < -0.3 is 14.2 Å². The first kappa shape index (κ1) is 23.5. The van der Waals surface area contributed by atoms with Gasteiger partial charge in [-0.25, -0.2) is 14.4 Å². The molecule has 0 aliphatic rings. The zero-order chi connectivity index (χ0) is 21.5. The molecular formula is C21H31NO6. The molecule has 7 nitrogen and oxygen atoms in total. The maximum Gasteiger partial charge on any atom is 0.410 e. The number of amides is 1. The molecule has 1 unspecified atom stereocenters. The van der Waals surface area contributed by atoms with Crippen molar-refractivity contribution >= 4 is 18.0 Å². The lowest BCUT2D eigenvalue weighted by molar-refractivity contribution is -0.171. The third-order valence-corrected chi connectivity index (χ3v) is 3.82. The molecule has 0 aliphatic heterocycles. The molecule has 156 valence electrons. The molecular weight excluding hydrogens is 362 g/mol. The Morgan fingerprint density at radius 2 is 1.57 bits per heavy atom. The van der Waals surface area contributed by atoms with Crippen LogP contribution in [-0.4, -0.2) is 47.7 Å². The number of ether oxygens (including phenoxy) is 3. The molecule has 0 fully saturated rings. The zero-order valence-corrected chi connectivity index (χ0v) is 17.7. The minimum absolute atomic E-state index is 0.0903. The predicted octanol–water partition coefficient (Wildman–Crippen LogP) is 3.55. The number of carbonyl (C=O) groups excluding carboxylic acids is 3. The van der Waals surface area contributed by atoms with Crippen molar-refractivity contribution in [3.05, 3.63) is 35.9 Å². The number of carbonyl (C=O) groups is 3. The second-order valence-electron chi connectivity index (χ2n) is 7.95. The summed E-state index contributed by atoms with van der Waals surface area (Å²) in [5, 5.41) is 0. The summed E-state index contributed by atoms with van der Waals surface area (Å²) in [6, 6.07) is 8.31. The Kier molecular flexibility index (Phi) is 8.47. The highest BCUT2D eigenvalue weighted by Crippen LogP contribution is 2.17. The van der Waals surface area contributed by atoms with Gasteiger partial charge in [-0.1, -0.05) is 44.2 Å². The Bertz CT molecular complexity index is 665. The molecule has 1 amide bonds. The molecule has 0 spiro atoms. The molecule has 28 heavy (non-hydrogen) atoms. The van der Waals surface area contributed by atoms with Crippen molar-refractivity contribution in [2.45, 2.75) is 65.9 Å². The minimum Gasteiger partial charge on any atom is -0.458 e. The first-order valence-electron chi connectivity index (χ1n) is 9.29. The van der Waals surface area contributed by atoms with Gasteiger partial charge in [-0.15, -0.1) is 0 Å². The fraction of sp³-hybridized carbons (Fsp3) is 0.571. The highest BCUT2D eigenvalue weighted by Gasteiger charge is 2.35. The Balaban J connectivity index is 2.69. The van der Waals surface area contributed by atoms with Gasteiger partial charge in [0.1, 0.15) is 18.2 Å². The van der Waals surface area contributed by atoms with E-state index in [4.69, 9.17) is 14.2 Å². The number of hydrogen-bond donors (Lipinski definition) is 0. The monoisotopic (exact) mass is 393 g/mol. The second kappa shape index (κ2) is 10.1. The van der Waals surface area contributed by atoms with Crippen molar-refractivity contribution in [3.63, 3.8) is 0 Å². The maximum atomic E-state index is 12.6. The first-order valence-corrected chi connectivity index (χ1v) is 9.29. The summed E-state index contributed by atoms with van der Waals surface area (Å²) in [4.78, 5) is 38.2. The van der Waals surface area contributed by atoms with Crippen LogP contribution in [0.1, 0.15) is 47.1 Å². The van der Waals surface area contributed by atoms with Crippen molar-refractivity contribution in [2.24, 2.45) is 5.92 Å². The lowest BCUT2D eigenvalue weighted by Gasteiger charge is -2.32. The van der Waals surface area contributed by atoms with E-state index in [1.54, 1.807) is 34.6 Å². The second-order valence-corrected chi connectivity index (χ2v) is 7.95. The summed E-state index contributed by atoms with van der Waals surface area (Å²) in [6.07, 6.45) is -1.73. The van der Waals surface area contributed by atoms with E-state index in [9.17, 15) is 14.4 Å². The van der Waals surface area contributed by atoms with E-state index >= 15 is 0 Å². The number of nitrogens with zero attached hydrogens (tertiary/aromatic N) is 1. The topological polar surface area (TPSA) is 82.1 Å². The van der Waals surface area contributed by atoms with Gasteiger partial charge >= 0.3 is 18.0 Å². The molecule has 7 heteroatoms. The highest BCUT2D eigenvalue weighted by molar-refractivity contribution is 5.84. The molecule has 1 rings (SSSR count). The van der Waals surface area contributed by atoms with Crippen LogP contribution < -0.4 is 0 Å². The standard InChI is InChI=1S/C21H31NO6/c1-14(2)17(22(7)20(25)28-21(4,5)6)19(24)27-15(3)18(23)26-13-16-11-9-8-10-12-16/h8-12,14-15,17H,13H2,1-7H3/t15-,17?/m1/s1. The Hall–Kier alpha value is -2.57. The smallest absolute Gasteiger partial charge is 0.410 e. The molecule has 2 atom stereocenters. The van der Waals surface area contributed by atoms with E-state index in [0.29, 0.717) is 0 Å². The van der Waals surface area contributed by atoms with E-state index in [1.807, 2.05) is 30.3 Å². The van der Waals surface area contributed by atoms with Crippen LogP contribution in [0.15, 0.2) is 30.3 Å². The first-order chi connectivity index (χ1) is 12.9. The summed E-state index contributed by atoms with van der Waals surface area (Å²) in [7, 11) is 1.47. The molecule has 0 saturated carbocycles. The van der Waals surface area contributed by atoms with Crippen molar-refractivity contribution in [1.82, 2.24) is 4.90 Å².